The summed E-state index contributed by atoms with van der Waals surface area (Å²) in [6.45, 7) is 2.27. The lowest BCUT2D eigenvalue weighted by Crippen LogP contribution is -2.39. The van der Waals surface area contributed by atoms with Crippen LogP contribution in [-0.4, -0.2) is 60.4 Å². The zero-order valence-corrected chi connectivity index (χ0v) is 11.6. The van der Waals surface area contributed by atoms with Crippen molar-refractivity contribution in [2.75, 3.05) is 38.3 Å². The maximum Gasteiger partial charge on any atom is 0.376 e. The fourth-order valence-electron chi connectivity index (χ4n) is 2.31. The largest absolute Gasteiger partial charge is 0.463 e. The number of hydrogen-bond donors (Lipinski definition) is 2. The topological polar surface area (TPSA) is 87.6 Å². The van der Waals surface area contributed by atoms with Crippen LogP contribution < -0.4 is 10.2 Å². The van der Waals surface area contributed by atoms with Crippen LogP contribution in [0.5, 0.6) is 0 Å². The lowest BCUT2D eigenvalue weighted by Gasteiger charge is -2.26. The molecule has 1 unspecified atom stereocenters. The average molecular weight is 280 g/mol. The van der Waals surface area contributed by atoms with E-state index in [1.807, 2.05) is 4.90 Å². The number of aliphatic hydroxyl groups is 1. The van der Waals surface area contributed by atoms with Crippen molar-refractivity contribution in [1.29, 1.82) is 0 Å². The van der Waals surface area contributed by atoms with Gasteiger partial charge in [0.05, 0.1) is 13.7 Å². The molecule has 1 atom stereocenters. The number of methoxy groups -OCH3 is 1. The Hall–Kier alpha value is -1.73. The smallest absolute Gasteiger partial charge is 0.376 e. The molecule has 1 aromatic heterocycles. The summed E-state index contributed by atoms with van der Waals surface area (Å²) in [5.41, 5.74) is 0. The molecular weight excluding hydrogens is 260 g/mol. The van der Waals surface area contributed by atoms with Crippen molar-refractivity contribution in [3.8, 4) is 0 Å². The zero-order chi connectivity index (χ0) is 14.4. The van der Waals surface area contributed by atoms with E-state index in [1.54, 1.807) is 6.07 Å². The van der Waals surface area contributed by atoms with Gasteiger partial charge in [-0.1, -0.05) is 0 Å². The Kier molecular flexibility index (Phi) is 5.25. The highest BCUT2D eigenvalue weighted by atomic mass is 16.5. The van der Waals surface area contributed by atoms with Gasteiger partial charge in [0, 0.05) is 25.3 Å². The molecule has 1 aliphatic rings. The number of aromatic nitrogens is 2. The highest BCUT2D eigenvalue weighted by Crippen LogP contribution is 2.14. The summed E-state index contributed by atoms with van der Waals surface area (Å²) >= 11 is 0. The fourth-order valence-corrected chi connectivity index (χ4v) is 2.31. The van der Waals surface area contributed by atoms with Gasteiger partial charge in [-0.3, -0.25) is 0 Å². The van der Waals surface area contributed by atoms with E-state index in [2.05, 4.69) is 20.0 Å². The SMILES string of the molecule is COC(=O)c1nccc(N(CCO)CC2CCCN2)n1. The van der Waals surface area contributed by atoms with Gasteiger partial charge in [-0.25, -0.2) is 14.8 Å². The molecule has 20 heavy (non-hydrogen) atoms. The Morgan fingerprint density at radius 2 is 2.50 bits per heavy atom. The normalized spacial score (nSPS) is 18.0. The van der Waals surface area contributed by atoms with Gasteiger partial charge in [0.15, 0.2) is 0 Å². The van der Waals surface area contributed by atoms with Crippen molar-refractivity contribution in [3.63, 3.8) is 0 Å². The van der Waals surface area contributed by atoms with E-state index in [0.29, 0.717) is 18.4 Å². The van der Waals surface area contributed by atoms with Crippen LogP contribution in [-0.2, 0) is 4.74 Å². The minimum absolute atomic E-state index is 0.0320. The Morgan fingerprint density at radius 3 is 3.15 bits per heavy atom. The van der Waals surface area contributed by atoms with E-state index in [0.717, 1.165) is 25.9 Å². The van der Waals surface area contributed by atoms with Gasteiger partial charge >= 0.3 is 5.97 Å². The predicted molar refractivity (Wildman–Crippen MR) is 73.7 cm³/mol. The second-order valence-corrected chi connectivity index (χ2v) is 4.69. The Bertz CT molecular complexity index is 449. The second-order valence-electron chi connectivity index (χ2n) is 4.69. The van der Waals surface area contributed by atoms with Gasteiger partial charge in [0.2, 0.25) is 5.82 Å². The van der Waals surface area contributed by atoms with E-state index < -0.39 is 5.97 Å². The first kappa shape index (κ1) is 14.7. The van der Waals surface area contributed by atoms with Crippen LogP contribution in [0.25, 0.3) is 0 Å². The highest BCUT2D eigenvalue weighted by molar-refractivity contribution is 5.85. The van der Waals surface area contributed by atoms with Crippen LogP contribution in [0, 0.1) is 0 Å². The van der Waals surface area contributed by atoms with Crippen molar-refractivity contribution >= 4 is 11.8 Å². The summed E-state index contributed by atoms with van der Waals surface area (Å²) in [5, 5.41) is 12.6. The molecule has 7 heteroatoms. The molecule has 2 N–H and O–H groups in total. The van der Waals surface area contributed by atoms with Crippen molar-refractivity contribution in [3.05, 3.63) is 18.1 Å². The Morgan fingerprint density at radius 1 is 1.65 bits per heavy atom. The third-order valence-electron chi connectivity index (χ3n) is 3.31. The Balaban J connectivity index is 2.12. The monoisotopic (exact) mass is 280 g/mol. The number of esters is 1. The molecule has 1 aliphatic heterocycles. The molecule has 7 nitrogen and oxygen atoms in total. The third-order valence-corrected chi connectivity index (χ3v) is 3.31. The zero-order valence-electron chi connectivity index (χ0n) is 11.6. The minimum Gasteiger partial charge on any atom is -0.463 e. The van der Waals surface area contributed by atoms with Gasteiger partial charge in [-0.05, 0) is 25.5 Å². The molecule has 1 fully saturated rings. The highest BCUT2D eigenvalue weighted by Gasteiger charge is 2.20. The van der Waals surface area contributed by atoms with Gasteiger partial charge in [-0.2, -0.15) is 0 Å². The van der Waals surface area contributed by atoms with Crippen molar-refractivity contribution < 1.29 is 14.6 Å². The fraction of sp³-hybridized carbons (Fsp3) is 0.615. The average Bonchev–Trinajstić information content (AvgIpc) is 2.99. The van der Waals surface area contributed by atoms with Crippen LogP contribution in [0.15, 0.2) is 12.3 Å². The van der Waals surface area contributed by atoms with E-state index in [1.165, 1.54) is 13.3 Å². The van der Waals surface area contributed by atoms with Crippen LogP contribution in [0.3, 0.4) is 0 Å². The van der Waals surface area contributed by atoms with E-state index in [9.17, 15) is 9.90 Å². The summed E-state index contributed by atoms with van der Waals surface area (Å²) in [4.78, 5) is 21.5. The van der Waals surface area contributed by atoms with Gasteiger partial charge in [0.25, 0.3) is 0 Å². The molecule has 0 saturated carbocycles. The molecule has 1 aromatic rings. The van der Waals surface area contributed by atoms with Gasteiger partial charge in [0.1, 0.15) is 5.82 Å². The summed E-state index contributed by atoms with van der Waals surface area (Å²) in [6, 6.07) is 2.12. The number of nitrogens with zero attached hydrogens (tertiary/aromatic N) is 3. The lowest BCUT2D eigenvalue weighted by molar-refractivity contribution is 0.0587. The van der Waals surface area contributed by atoms with Crippen molar-refractivity contribution in [2.24, 2.45) is 0 Å². The number of ether oxygens (including phenoxy) is 1. The maximum atomic E-state index is 11.5. The van der Waals surface area contributed by atoms with Crippen molar-refractivity contribution in [1.82, 2.24) is 15.3 Å². The molecule has 0 spiro atoms. The molecule has 0 aromatic carbocycles. The molecule has 110 valence electrons. The van der Waals surface area contributed by atoms with Gasteiger partial charge in [-0.15, -0.1) is 0 Å². The molecule has 0 radical (unpaired) electrons. The first-order valence-electron chi connectivity index (χ1n) is 6.75. The standard InChI is InChI=1S/C13H20N4O3/c1-20-13(19)12-15-6-4-11(16-12)17(7-8-18)9-10-3-2-5-14-10/h4,6,10,14,18H,2-3,5,7-9H2,1H3. The third kappa shape index (κ3) is 3.64. The van der Waals surface area contributed by atoms with E-state index in [-0.39, 0.29) is 12.4 Å². The quantitative estimate of drug-likeness (QED) is 0.698. The number of carbonyl (C=O) groups excluding carboxylic acids is 1. The molecule has 0 amide bonds. The maximum absolute atomic E-state index is 11.5. The van der Waals surface area contributed by atoms with E-state index in [4.69, 9.17) is 0 Å². The van der Waals surface area contributed by atoms with Crippen molar-refractivity contribution in [2.45, 2.75) is 18.9 Å². The predicted octanol–water partition coefficient (Wildman–Crippen LogP) is -0.186. The summed E-state index contributed by atoms with van der Waals surface area (Å²) in [6.07, 6.45) is 3.80. The summed E-state index contributed by atoms with van der Waals surface area (Å²) in [7, 11) is 1.30. The molecule has 1 saturated heterocycles. The number of aliphatic hydroxyl groups excluding tert-OH is 1. The lowest BCUT2D eigenvalue weighted by atomic mass is 10.2. The minimum atomic E-state index is -0.560. The summed E-state index contributed by atoms with van der Waals surface area (Å²) < 4.78 is 4.62. The second kappa shape index (κ2) is 7.16. The first-order valence-corrected chi connectivity index (χ1v) is 6.75. The molecule has 0 bridgehead atoms. The number of anilines is 1. The number of carbonyl (C=O) groups is 1. The number of nitrogens with one attached hydrogen (secondary N) is 1. The van der Waals surface area contributed by atoms with Crippen LogP contribution in [0.4, 0.5) is 5.82 Å². The molecule has 2 rings (SSSR count). The molecular formula is C13H20N4O3. The van der Waals surface area contributed by atoms with Gasteiger partial charge < -0.3 is 20.1 Å². The number of hydrogen-bond acceptors (Lipinski definition) is 7. The van der Waals surface area contributed by atoms with Crippen LogP contribution >= 0.6 is 0 Å². The summed E-state index contributed by atoms with van der Waals surface area (Å²) in [5.74, 6) is 0.102. The van der Waals surface area contributed by atoms with Crippen LogP contribution in [0.1, 0.15) is 23.5 Å². The van der Waals surface area contributed by atoms with E-state index >= 15 is 0 Å². The number of rotatable bonds is 6. The first-order chi connectivity index (χ1) is 9.74. The molecule has 0 aliphatic carbocycles. The Labute approximate surface area is 118 Å². The van der Waals surface area contributed by atoms with Crippen LogP contribution in [0.2, 0.25) is 0 Å². The molecule has 2 heterocycles.